The van der Waals surface area contributed by atoms with E-state index in [1.54, 1.807) is 23.1 Å². The number of hydrogen-bond donors (Lipinski definition) is 0. The molecule has 0 aliphatic rings. The summed E-state index contributed by atoms with van der Waals surface area (Å²) in [7, 11) is 0. The van der Waals surface area contributed by atoms with Crippen LogP contribution < -0.4 is 0 Å². The molecule has 0 atom stereocenters. The van der Waals surface area contributed by atoms with Crippen LogP contribution in [0.1, 0.15) is 41.4 Å². The minimum Gasteiger partial charge on any atom is -0.244 e. The maximum Gasteiger partial charge on any atom is 0.369 e. The first-order valence-corrected chi connectivity index (χ1v) is 9.98. The molecule has 0 N–H and O–H groups in total. The average molecular weight is 384 g/mol. The van der Waals surface area contributed by atoms with Gasteiger partial charge in [-0.25, -0.2) is 4.79 Å². The van der Waals surface area contributed by atoms with Crippen LogP contribution in [-0.2, 0) is 19.3 Å². The summed E-state index contributed by atoms with van der Waals surface area (Å²) in [5, 5.41) is 8.90. The topological polar surface area (TPSA) is 52.7 Å². The van der Waals surface area contributed by atoms with Crippen molar-refractivity contribution in [2.45, 2.75) is 32.6 Å². The molecular weight excluding hydrogens is 360 g/mol. The molecule has 5 nitrogen and oxygen atoms in total. The van der Waals surface area contributed by atoms with Crippen molar-refractivity contribution in [2.75, 3.05) is 0 Å². The van der Waals surface area contributed by atoms with Crippen molar-refractivity contribution < 1.29 is 4.79 Å². The zero-order valence-corrected chi connectivity index (χ0v) is 16.5. The van der Waals surface area contributed by atoms with E-state index in [9.17, 15) is 4.79 Å². The minimum absolute atomic E-state index is 0.252. The monoisotopic (exact) mass is 384 g/mol. The predicted octanol–water partition coefficient (Wildman–Crippen LogP) is 4.73. The van der Waals surface area contributed by atoms with Gasteiger partial charge in [0.25, 0.3) is 0 Å². The zero-order valence-electron chi connectivity index (χ0n) is 16.5. The molecule has 0 unspecified atom stereocenters. The number of aromatic nitrogens is 4. The van der Waals surface area contributed by atoms with Crippen molar-refractivity contribution >= 4 is 6.03 Å². The number of carbonyl (C=O) groups excluding carboxylic acids is 1. The molecule has 2 aromatic carbocycles. The summed E-state index contributed by atoms with van der Waals surface area (Å²) in [6.45, 7) is 2.16. The third-order valence-corrected chi connectivity index (χ3v) is 4.98. The third-order valence-electron chi connectivity index (χ3n) is 4.98. The summed E-state index contributed by atoms with van der Waals surface area (Å²) in [5.41, 5.74) is 5.42. The van der Waals surface area contributed by atoms with Crippen LogP contribution >= 0.6 is 0 Å². The van der Waals surface area contributed by atoms with Crippen molar-refractivity contribution in [3.05, 3.63) is 107 Å². The Bertz CT molecular complexity index is 1070. The quantitative estimate of drug-likeness (QED) is 0.483. The lowest BCUT2D eigenvalue weighted by Gasteiger charge is -2.09. The molecular formula is C24H24N4O. The van der Waals surface area contributed by atoms with E-state index in [-0.39, 0.29) is 6.03 Å². The van der Waals surface area contributed by atoms with E-state index in [0.717, 1.165) is 29.8 Å². The Morgan fingerprint density at radius 3 is 2.14 bits per heavy atom. The molecule has 146 valence electrons. The van der Waals surface area contributed by atoms with Gasteiger partial charge in [0.05, 0.1) is 11.4 Å². The molecule has 4 rings (SSSR count). The normalized spacial score (nSPS) is 10.9. The highest BCUT2D eigenvalue weighted by Crippen LogP contribution is 2.23. The van der Waals surface area contributed by atoms with E-state index < -0.39 is 0 Å². The van der Waals surface area contributed by atoms with Gasteiger partial charge in [0.15, 0.2) is 0 Å². The van der Waals surface area contributed by atoms with Crippen LogP contribution in [0.4, 0.5) is 4.79 Å². The van der Waals surface area contributed by atoms with Gasteiger partial charge in [0.1, 0.15) is 0 Å². The molecule has 0 spiro atoms. The summed E-state index contributed by atoms with van der Waals surface area (Å²) in [4.78, 5) is 13.1. The van der Waals surface area contributed by atoms with Gasteiger partial charge in [-0.1, -0.05) is 74.0 Å². The molecule has 2 heterocycles. The average Bonchev–Trinajstić information content (AvgIpc) is 3.40. The van der Waals surface area contributed by atoms with E-state index in [0.29, 0.717) is 12.8 Å². The summed E-state index contributed by atoms with van der Waals surface area (Å²) < 4.78 is 2.88. The maximum absolute atomic E-state index is 13.1. The smallest absolute Gasteiger partial charge is 0.244 e. The second kappa shape index (κ2) is 8.69. The number of carbonyl (C=O) groups is 1. The van der Waals surface area contributed by atoms with Crippen LogP contribution in [0.25, 0.3) is 0 Å². The Morgan fingerprint density at radius 1 is 0.897 bits per heavy atom. The van der Waals surface area contributed by atoms with Crippen molar-refractivity contribution in [3.8, 4) is 0 Å². The fourth-order valence-corrected chi connectivity index (χ4v) is 3.61. The first kappa shape index (κ1) is 18.9. The number of rotatable bonds is 6. The number of nitrogens with zero attached hydrogens (tertiary/aromatic N) is 4. The van der Waals surface area contributed by atoms with Crippen molar-refractivity contribution in [1.29, 1.82) is 0 Å². The van der Waals surface area contributed by atoms with Crippen molar-refractivity contribution in [1.82, 2.24) is 19.6 Å². The lowest BCUT2D eigenvalue weighted by atomic mass is 9.98. The molecule has 0 aliphatic carbocycles. The van der Waals surface area contributed by atoms with E-state index in [2.05, 4.69) is 36.3 Å². The minimum atomic E-state index is -0.252. The van der Waals surface area contributed by atoms with Gasteiger partial charge in [-0.15, -0.1) is 0 Å². The molecule has 0 fully saturated rings. The van der Waals surface area contributed by atoms with Crippen LogP contribution in [0.15, 0.2) is 79.1 Å². The number of benzene rings is 2. The summed E-state index contributed by atoms with van der Waals surface area (Å²) in [6, 6.07) is 22.0. The Hall–Kier alpha value is -3.47. The molecule has 2 aromatic heterocycles. The SMILES string of the molecule is CCCc1c(Cc2ccccc2)nn(C(=O)n2cccn2)c1Cc1ccccc1. The van der Waals surface area contributed by atoms with Gasteiger partial charge in [-0.3, -0.25) is 0 Å². The van der Waals surface area contributed by atoms with E-state index in [1.807, 2.05) is 36.4 Å². The molecule has 0 saturated heterocycles. The molecule has 0 bridgehead atoms. The highest BCUT2D eigenvalue weighted by atomic mass is 16.2. The lowest BCUT2D eigenvalue weighted by Crippen LogP contribution is -2.23. The summed E-state index contributed by atoms with van der Waals surface area (Å²) in [5.74, 6) is 0. The Morgan fingerprint density at radius 2 is 1.55 bits per heavy atom. The van der Waals surface area contributed by atoms with Gasteiger partial charge in [-0.2, -0.15) is 19.6 Å². The van der Waals surface area contributed by atoms with Crippen molar-refractivity contribution in [2.24, 2.45) is 0 Å². The second-order valence-electron chi connectivity index (χ2n) is 7.09. The fraction of sp³-hybridized carbons (Fsp3) is 0.208. The molecule has 5 heteroatoms. The van der Waals surface area contributed by atoms with Gasteiger partial charge in [0.2, 0.25) is 0 Å². The van der Waals surface area contributed by atoms with Gasteiger partial charge < -0.3 is 0 Å². The van der Waals surface area contributed by atoms with Gasteiger partial charge in [0, 0.05) is 25.2 Å². The molecule has 0 amide bonds. The molecule has 0 radical (unpaired) electrons. The number of hydrogen-bond acceptors (Lipinski definition) is 3. The fourth-order valence-electron chi connectivity index (χ4n) is 3.61. The van der Waals surface area contributed by atoms with Crippen LogP contribution in [-0.4, -0.2) is 25.6 Å². The third kappa shape index (κ3) is 4.19. The van der Waals surface area contributed by atoms with Crippen LogP contribution in [0.3, 0.4) is 0 Å². The Labute approximate surface area is 170 Å². The lowest BCUT2D eigenvalue weighted by molar-refractivity contribution is 0.237. The first-order chi connectivity index (χ1) is 14.3. The molecule has 0 saturated carbocycles. The van der Waals surface area contributed by atoms with Crippen LogP contribution in [0.2, 0.25) is 0 Å². The van der Waals surface area contributed by atoms with Gasteiger partial charge >= 0.3 is 6.03 Å². The maximum atomic E-state index is 13.1. The molecule has 0 aliphatic heterocycles. The Kier molecular flexibility index (Phi) is 5.66. The summed E-state index contributed by atoms with van der Waals surface area (Å²) in [6.07, 6.45) is 6.51. The largest absolute Gasteiger partial charge is 0.369 e. The highest BCUT2D eigenvalue weighted by Gasteiger charge is 2.22. The van der Waals surface area contributed by atoms with Gasteiger partial charge in [-0.05, 0) is 29.2 Å². The van der Waals surface area contributed by atoms with Crippen molar-refractivity contribution in [3.63, 3.8) is 0 Å². The first-order valence-electron chi connectivity index (χ1n) is 9.98. The van der Waals surface area contributed by atoms with E-state index >= 15 is 0 Å². The molecule has 4 aromatic rings. The highest BCUT2D eigenvalue weighted by molar-refractivity contribution is 5.78. The Balaban J connectivity index is 1.81. The predicted molar refractivity (Wildman–Crippen MR) is 113 cm³/mol. The summed E-state index contributed by atoms with van der Waals surface area (Å²) >= 11 is 0. The zero-order chi connectivity index (χ0) is 20.1. The van der Waals surface area contributed by atoms with Crippen LogP contribution in [0, 0.1) is 0 Å². The van der Waals surface area contributed by atoms with E-state index in [4.69, 9.17) is 5.10 Å². The van der Waals surface area contributed by atoms with E-state index in [1.165, 1.54) is 15.8 Å². The standard InChI is InChI=1S/C24H24N4O/c1-2-10-21-22(17-19-11-5-3-6-12-19)26-28(24(29)27-16-9-15-25-27)23(21)18-20-13-7-4-8-14-20/h3-9,11-16H,2,10,17-18H2,1H3. The second-order valence-corrected chi connectivity index (χ2v) is 7.09. The molecule has 29 heavy (non-hydrogen) atoms. The van der Waals surface area contributed by atoms with Crippen LogP contribution in [0.5, 0.6) is 0 Å².